The third-order valence-electron chi connectivity index (χ3n) is 2.59. The maximum absolute atomic E-state index is 11.7. The zero-order valence-corrected chi connectivity index (χ0v) is 11.7. The second-order valence-electron chi connectivity index (χ2n) is 4.22. The molecular formula is C12H18ClNO2S. The molecule has 2 N–H and O–H groups in total. The van der Waals surface area contributed by atoms with E-state index < -0.39 is 15.9 Å². The van der Waals surface area contributed by atoms with E-state index in [9.17, 15) is 8.42 Å². The Morgan fingerprint density at radius 1 is 1.41 bits per heavy atom. The summed E-state index contributed by atoms with van der Waals surface area (Å²) in [5.74, 6) is 0.155. The predicted molar refractivity (Wildman–Crippen MR) is 72.1 cm³/mol. The van der Waals surface area contributed by atoms with E-state index in [2.05, 4.69) is 0 Å². The fourth-order valence-electron chi connectivity index (χ4n) is 1.77. The lowest BCUT2D eigenvalue weighted by atomic mass is 10.0. The normalized spacial score (nSPS) is 13.6. The van der Waals surface area contributed by atoms with Gasteiger partial charge in [-0.2, -0.15) is 0 Å². The highest BCUT2D eigenvalue weighted by Gasteiger charge is 2.18. The zero-order valence-electron chi connectivity index (χ0n) is 10.1. The molecule has 0 fully saturated rings. The summed E-state index contributed by atoms with van der Waals surface area (Å²) in [6, 6.07) is 4.85. The van der Waals surface area contributed by atoms with Crippen LogP contribution in [-0.2, 0) is 9.84 Å². The summed E-state index contributed by atoms with van der Waals surface area (Å²) >= 11 is 5.89. The Labute approximate surface area is 108 Å². The Morgan fingerprint density at radius 3 is 2.65 bits per heavy atom. The molecule has 1 atom stereocenters. The third kappa shape index (κ3) is 4.30. The van der Waals surface area contributed by atoms with Gasteiger partial charge in [-0.25, -0.2) is 8.42 Å². The minimum absolute atomic E-state index is 0.0258. The van der Waals surface area contributed by atoms with Crippen molar-refractivity contribution >= 4 is 21.4 Å². The SMILES string of the molecule is CCCS(=O)(=O)CC(N)c1cc(Cl)ccc1C. The van der Waals surface area contributed by atoms with E-state index >= 15 is 0 Å². The van der Waals surface area contributed by atoms with Gasteiger partial charge >= 0.3 is 0 Å². The summed E-state index contributed by atoms with van der Waals surface area (Å²) in [6.45, 7) is 3.74. The summed E-state index contributed by atoms with van der Waals surface area (Å²) in [5.41, 5.74) is 7.71. The standard InChI is InChI=1S/C12H18ClNO2S/c1-3-6-17(15,16)8-12(14)11-7-10(13)5-4-9(11)2/h4-5,7,12H,3,6,8,14H2,1-2H3. The molecule has 0 radical (unpaired) electrons. The predicted octanol–water partition coefficient (Wildman–Crippen LogP) is 2.47. The van der Waals surface area contributed by atoms with Crippen LogP contribution in [0.5, 0.6) is 0 Å². The van der Waals surface area contributed by atoms with Crippen LogP contribution in [0.15, 0.2) is 18.2 Å². The van der Waals surface area contributed by atoms with Gasteiger partial charge in [-0.05, 0) is 36.6 Å². The van der Waals surface area contributed by atoms with Crippen LogP contribution in [-0.4, -0.2) is 19.9 Å². The van der Waals surface area contributed by atoms with E-state index in [1.54, 1.807) is 12.1 Å². The van der Waals surface area contributed by atoms with Gasteiger partial charge in [0.25, 0.3) is 0 Å². The summed E-state index contributed by atoms with van der Waals surface area (Å²) in [5, 5.41) is 0.578. The van der Waals surface area contributed by atoms with Gasteiger partial charge in [0, 0.05) is 16.8 Å². The molecule has 0 aliphatic heterocycles. The first-order valence-electron chi connectivity index (χ1n) is 5.58. The van der Waals surface area contributed by atoms with Crippen molar-refractivity contribution in [2.24, 2.45) is 5.73 Å². The molecular weight excluding hydrogens is 258 g/mol. The van der Waals surface area contributed by atoms with E-state index in [0.29, 0.717) is 11.4 Å². The number of nitrogens with two attached hydrogens (primary N) is 1. The van der Waals surface area contributed by atoms with Crippen molar-refractivity contribution < 1.29 is 8.42 Å². The van der Waals surface area contributed by atoms with Crippen LogP contribution in [0.3, 0.4) is 0 Å². The van der Waals surface area contributed by atoms with Crippen molar-refractivity contribution in [1.82, 2.24) is 0 Å². The largest absolute Gasteiger partial charge is 0.323 e. The Morgan fingerprint density at radius 2 is 2.06 bits per heavy atom. The van der Waals surface area contributed by atoms with Gasteiger partial charge < -0.3 is 5.73 Å². The Bertz CT molecular complexity index is 485. The lowest BCUT2D eigenvalue weighted by Gasteiger charge is -2.15. The highest BCUT2D eigenvalue weighted by atomic mass is 35.5. The van der Waals surface area contributed by atoms with E-state index in [4.69, 9.17) is 17.3 Å². The van der Waals surface area contributed by atoms with Gasteiger partial charge in [0.05, 0.1) is 5.75 Å². The topological polar surface area (TPSA) is 60.2 Å². The molecule has 1 aromatic rings. The van der Waals surface area contributed by atoms with Crippen LogP contribution < -0.4 is 5.73 Å². The van der Waals surface area contributed by atoms with Crippen molar-refractivity contribution in [2.45, 2.75) is 26.3 Å². The number of rotatable bonds is 5. The maximum atomic E-state index is 11.7. The molecule has 0 amide bonds. The number of hydrogen-bond donors (Lipinski definition) is 1. The minimum Gasteiger partial charge on any atom is -0.323 e. The van der Waals surface area contributed by atoms with Crippen molar-refractivity contribution in [3.8, 4) is 0 Å². The fourth-order valence-corrected chi connectivity index (χ4v) is 3.46. The quantitative estimate of drug-likeness (QED) is 0.898. The molecule has 0 bridgehead atoms. The highest BCUT2D eigenvalue weighted by Crippen LogP contribution is 2.21. The van der Waals surface area contributed by atoms with Crippen LogP contribution >= 0.6 is 11.6 Å². The molecule has 0 aliphatic carbocycles. The average molecular weight is 276 g/mol. The monoisotopic (exact) mass is 275 g/mol. The number of benzene rings is 1. The second-order valence-corrected chi connectivity index (χ2v) is 6.89. The molecule has 0 aliphatic rings. The molecule has 5 heteroatoms. The average Bonchev–Trinajstić information content (AvgIpc) is 2.20. The zero-order chi connectivity index (χ0) is 13.1. The van der Waals surface area contributed by atoms with E-state index in [0.717, 1.165) is 11.1 Å². The van der Waals surface area contributed by atoms with Crippen molar-refractivity contribution in [3.63, 3.8) is 0 Å². The first-order chi connectivity index (χ1) is 7.85. The smallest absolute Gasteiger partial charge is 0.152 e. The summed E-state index contributed by atoms with van der Waals surface area (Å²) in [4.78, 5) is 0. The third-order valence-corrected chi connectivity index (χ3v) is 4.72. The number of sulfone groups is 1. The van der Waals surface area contributed by atoms with Crippen LogP contribution in [0.4, 0.5) is 0 Å². The van der Waals surface area contributed by atoms with Crippen LogP contribution in [0.1, 0.15) is 30.5 Å². The van der Waals surface area contributed by atoms with Gasteiger partial charge in [-0.15, -0.1) is 0 Å². The number of hydrogen-bond acceptors (Lipinski definition) is 3. The Hall–Kier alpha value is -0.580. The van der Waals surface area contributed by atoms with Gasteiger partial charge in [0.15, 0.2) is 9.84 Å². The van der Waals surface area contributed by atoms with Crippen LogP contribution in [0, 0.1) is 6.92 Å². The van der Waals surface area contributed by atoms with E-state index in [1.807, 2.05) is 19.9 Å². The Balaban J connectivity index is 2.90. The minimum atomic E-state index is -3.08. The van der Waals surface area contributed by atoms with E-state index in [1.165, 1.54) is 0 Å². The molecule has 0 heterocycles. The molecule has 0 aromatic heterocycles. The maximum Gasteiger partial charge on any atom is 0.152 e. The fraction of sp³-hybridized carbons (Fsp3) is 0.500. The van der Waals surface area contributed by atoms with Crippen molar-refractivity contribution in [3.05, 3.63) is 34.3 Å². The molecule has 0 saturated heterocycles. The highest BCUT2D eigenvalue weighted by molar-refractivity contribution is 7.91. The van der Waals surface area contributed by atoms with Crippen LogP contribution in [0.25, 0.3) is 0 Å². The van der Waals surface area contributed by atoms with Crippen molar-refractivity contribution in [1.29, 1.82) is 0 Å². The lowest BCUT2D eigenvalue weighted by Crippen LogP contribution is -2.24. The van der Waals surface area contributed by atoms with Gasteiger partial charge in [-0.3, -0.25) is 0 Å². The molecule has 0 spiro atoms. The molecule has 1 rings (SSSR count). The Kier molecular flexibility index (Phi) is 4.98. The van der Waals surface area contributed by atoms with Gasteiger partial charge in [0.1, 0.15) is 0 Å². The summed E-state index contributed by atoms with van der Waals surface area (Å²) in [7, 11) is -3.08. The van der Waals surface area contributed by atoms with Crippen molar-refractivity contribution in [2.75, 3.05) is 11.5 Å². The number of halogens is 1. The first kappa shape index (κ1) is 14.5. The van der Waals surface area contributed by atoms with Crippen LogP contribution in [0.2, 0.25) is 5.02 Å². The molecule has 17 heavy (non-hydrogen) atoms. The second kappa shape index (κ2) is 5.85. The molecule has 96 valence electrons. The molecule has 0 saturated carbocycles. The summed E-state index contributed by atoms with van der Waals surface area (Å²) in [6.07, 6.45) is 0.615. The lowest BCUT2D eigenvalue weighted by molar-refractivity contribution is 0.587. The summed E-state index contributed by atoms with van der Waals surface area (Å²) < 4.78 is 23.4. The first-order valence-corrected chi connectivity index (χ1v) is 7.77. The van der Waals surface area contributed by atoms with Gasteiger partial charge in [-0.1, -0.05) is 24.6 Å². The van der Waals surface area contributed by atoms with E-state index in [-0.39, 0.29) is 11.5 Å². The number of aryl methyl sites for hydroxylation is 1. The molecule has 1 unspecified atom stereocenters. The van der Waals surface area contributed by atoms with Gasteiger partial charge in [0.2, 0.25) is 0 Å². The molecule has 3 nitrogen and oxygen atoms in total. The molecule has 1 aromatic carbocycles.